The molecule has 4 rings (SSSR count). The van der Waals surface area contributed by atoms with Crippen LogP contribution in [0.4, 0.5) is 4.79 Å². The highest BCUT2D eigenvalue weighted by Crippen LogP contribution is 2.30. The molecule has 0 saturated carbocycles. The van der Waals surface area contributed by atoms with Gasteiger partial charge in [-0.1, -0.05) is 0 Å². The van der Waals surface area contributed by atoms with Gasteiger partial charge in [0.15, 0.2) is 0 Å². The number of amides is 5. The first-order valence-corrected chi connectivity index (χ1v) is 13.2. The number of likely N-dealkylation sites (tertiary alicyclic amines) is 1. The molecule has 5 amide bonds. The van der Waals surface area contributed by atoms with Crippen LogP contribution >= 0.6 is 0 Å². The van der Waals surface area contributed by atoms with E-state index in [1.165, 1.54) is 0 Å². The Balaban J connectivity index is 1.17. The minimum absolute atomic E-state index is 0.0825. The highest BCUT2D eigenvalue weighted by atomic mass is 16.6. The maximum absolute atomic E-state index is 12.9. The zero-order chi connectivity index (χ0) is 27.4. The summed E-state index contributed by atoms with van der Waals surface area (Å²) >= 11 is 0. The van der Waals surface area contributed by atoms with E-state index in [1.54, 1.807) is 18.2 Å². The molecule has 1 atom stereocenters. The van der Waals surface area contributed by atoms with Gasteiger partial charge >= 0.3 is 6.09 Å². The van der Waals surface area contributed by atoms with Gasteiger partial charge in [0.1, 0.15) is 17.4 Å². The van der Waals surface area contributed by atoms with Crippen LogP contribution in [0, 0.1) is 0 Å². The van der Waals surface area contributed by atoms with Crippen LogP contribution in [0.25, 0.3) is 0 Å². The number of benzene rings is 1. The number of carbonyl (C=O) groups excluding carboxylic acids is 5. The Bertz CT molecular complexity index is 1110. The Morgan fingerprint density at radius 2 is 1.74 bits per heavy atom. The quantitative estimate of drug-likeness (QED) is 0.388. The van der Waals surface area contributed by atoms with Gasteiger partial charge in [-0.25, -0.2) is 4.79 Å². The Morgan fingerprint density at radius 1 is 1.03 bits per heavy atom. The second-order valence-corrected chi connectivity index (χ2v) is 11.0. The maximum Gasteiger partial charge on any atom is 0.407 e. The summed E-state index contributed by atoms with van der Waals surface area (Å²) in [5.74, 6) is -1.62. The predicted molar refractivity (Wildman–Crippen MR) is 137 cm³/mol. The van der Waals surface area contributed by atoms with Crippen molar-refractivity contribution in [1.29, 1.82) is 0 Å². The summed E-state index contributed by atoms with van der Waals surface area (Å²) in [5.41, 5.74) is -0.0629. The average molecular weight is 529 g/mol. The number of rotatable bonds is 8. The number of fused-ring (bicyclic) bond motifs is 1. The molecule has 1 aromatic rings. The smallest absolute Gasteiger partial charge is 0.407 e. The van der Waals surface area contributed by atoms with Crippen molar-refractivity contribution < 1.29 is 33.4 Å². The summed E-state index contributed by atoms with van der Waals surface area (Å²) in [6.07, 6.45) is 3.37. The highest BCUT2D eigenvalue weighted by molar-refractivity contribution is 6.23. The third-order valence-electron chi connectivity index (χ3n) is 6.86. The van der Waals surface area contributed by atoms with E-state index in [2.05, 4.69) is 15.5 Å². The minimum atomic E-state index is -0.984. The predicted octanol–water partition coefficient (Wildman–Crippen LogP) is 2.24. The third-order valence-corrected chi connectivity index (χ3v) is 6.86. The van der Waals surface area contributed by atoms with Gasteiger partial charge in [-0.15, -0.1) is 0 Å². The zero-order valence-corrected chi connectivity index (χ0v) is 22.2. The van der Waals surface area contributed by atoms with Crippen LogP contribution in [0.1, 0.15) is 80.0 Å². The van der Waals surface area contributed by atoms with E-state index in [0.29, 0.717) is 12.4 Å². The molecular formula is C27H36N4O7. The SMILES string of the molecule is CC(C)(C)OC(=O)NC1CCN(CCCCOc2ccc3c(c2)C(=O)N(C2CCC(=O)NC2=O)C3=O)CC1. The van der Waals surface area contributed by atoms with Crippen molar-refractivity contribution in [3.8, 4) is 5.75 Å². The highest BCUT2D eigenvalue weighted by Gasteiger charge is 2.44. The Morgan fingerprint density at radius 3 is 2.42 bits per heavy atom. The van der Waals surface area contributed by atoms with Crippen LogP contribution < -0.4 is 15.4 Å². The molecule has 2 N–H and O–H groups in total. The van der Waals surface area contributed by atoms with Crippen molar-refractivity contribution in [3.63, 3.8) is 0 Å². The lowest BCUT2D eigenvalue weighted by molar-refractivity contribution is -0.136. The number of piperidine rings is 2. The van der Waals surface area contributed by atoms with Crippen LogP contribution in [-0.2, 0) is 14.3 Å². The lowest BCUT2D eigenvalue weighted by Gasteiger charge is -2.32. The van der Waals surface area contributed by atoms with Crippen molar-refractivity contribution >= 4 is 29.7 Å². The number of nitrogens with one attached hydrogen (secondary N) is 2. The molecule has 2 saturated heterocycles. The number of unbranched alkanes of at least 4 members (excludes halogenated alkanes) is 1. The van der Waals surface area contributed by atoms with Crippen LogP contribution in [-0.4, -0.2) is 83.4 Å². The fourth-order valence-corrected chi connectivity index (χ4v) is 4.94. The molecule has 3 heterocycles. The first kappa shape index (κ1) is 27.6. The van der Waals surface area contributed by atoms with Crippen LogP contribution in [0.15, 0.2) is 18.2 Å². The molecular weight excluding hydrogens is 492 g/mol. The van der Waals surface area contributed by atoms with E-state index < -0.39 is 35.3 Å². The topological polar surface area (TPSA) is 134 Å². The Hall–Kier alpha value is -3.47. The number of nitrogens with zero attached hydrogens (tertiary/aromatic N) is 2. The van der Waals surface area contributed by atoms with Crippen LogP contribution in [0.5, 0.6) is 5.75 Å². The van der Waals surface area contributed by atoms with E-state index in [0.717, 1.165) is 50.2 Å². The van der Waals surface area contributed by atoms with Gasteiger partial charge in [-0.2, -0.15) is 0 Å². The van der Waals surface area contributed by atoms with E-state index in [-0.39, 0.29) is 36.1 Å². The lowest BCUT2D eigenvalue weighted by atomic mass is 10.0. The van der Waals surface area contributed by atoms with E-state index in [9.17, 15) is 24.0 Å². The second-order valence-electron chi connectivity index (χ2n) is 11.0. The maximum atomic E-state index is 12.9. The lowest BCUT2D eigenvalue weighted by Crippen LogP contribution is -2.54. The summed E-state index contributed by atoms with van der Waals surface area (Å²) < 4.78 is 11.2. The van der Waals surface area contributed by atoms with Crippen molar-refractivity contribution in [3.05, 3.63) is 29.3 Å². The molecule has 0 aliphatic carbocycles. The molecule has 11 nitrogen and oxygen atoms in total. The first-order chi connectivity index (χ1) is 18.0. The van der Waals surface area contributed by atoms with Gasteiger partial charge < -0.3 is 19.7 Å². The molecule has 11 heteroatoms. The summed E-state index contributed by atoms with van der Waals surface area (Å²) in [7, 11) is 0. The van der Waals surface area contributed by atoms with Crippen molar-refractivity contribution in [2.45, 2.75) is 77.0 Å². The summed E-state index contributed by atoms with van der Waals surface area (Å²) in [6, 6.07) is 3.89. The number of imide groups is 2. The van der Waals surface area contributed by atoms with Gasteiger partial charge in [0.05, 0.1) is 17.7 Å². The molecule has 38 heavy (non-hydrogen) atoms. The molecule has 3 aliphatic rings. The molecule has 0 bridgehead atoms. The van der Waals surface area contributed by atoms with Crippen LogP contribution in [0.2, 0.25) is 0 Å². The van der Waals surface area contributed by atoms with E-state index >= 15 is 0 Å². The number of hydrogen-bond donors (Lipinski definition) is 2. The molecule has 1 aromatic carbocycles. The molecule has 0 radical (unpaired) electrons. The minimum Gasteiger partial charge on any atom is -0.494 e. The largest absolute Gasteiger partial charge is 0.494 e. The fourth-order valence-electron chi connectivity index (χ4n) is 4.94. The van der Waals surface area contributed by atoms with Gasteiger partial charge in [0.2, 0.25) is 11.8 Å². The van der Waals surface area contributed by atoms with Crippen molar-refractivity contribution in [1.82, 2.24) is 20.4 Å². The van der Waals surface area contributed by atoms with Gasteiger partial charge in [0.25, 0.3) is 11.8 Å². The zero-order valence-electron chi connectivity index (χ0n) is 22.2. The molecule has 2 fully saturated rings. The molecule has 1 unspecified atom stereocenters. The molecule has 206 valence electrons. The fraction of sp³-hybridized carbons (Fsp3) is 0.593. The summed E-state index contributed by atoms with van der Waals surface area (Å²) in [5, 5.41) is 5.14. The normalized spacial score (nSPS) is 20.8. The third kappa shape index (κ3) is 6.69. The standard InChI is InChI=1S/C27H36N4O7/c1-27(2,3)38-26(36)28-17-10-13-30(14-11-17)12-4-5-15-37-18-6-7-19-20(16-18)25(35)31(24(19)34)21-8-9-22(32)29-23(21)33/h6-7,16-17,21H,4-5,8-15H2,1-3H3,(H,28,36)(H,29,32,33). The van der Waals surface area contributed by atoms with Crippen molar-refractivity contribution in [2.24, 2.45) is 0 Å². The van der Waals surface area contributed by atoms with E-state index in [1.807, 2.05) is 20.8 Å². The van der Waals surface area contributed by atoms with Crippen LogP contribution in [0.3, 0.4) is 0 Å². The monoisotopic (exact) mass is 528 g/mol. The summed E-state index contributed by atoms with van der Waals surface area (Å²) in [4.78, 5) is 64.6. The summed E-state index contributed by atoms with van der Waals surface area (Å²) in [6.45, 7) is 8.76. The number of alkyl carbamates (subject to hydrolysis) is 1. The molecule has 3 aliphatic heterocycles. The van der Waals surface area contributed by atoms with E-state index in [4.69, 9.17) is 9.47 Å². The van der Waals surface area contributed by atoms with Gasteiger partial charge in [-0.05, 0) is 77.6 Å². The Labute approximate surface area is 222 Å². The van der Waals surface area contributed by atoms with Crippen molar-refractivity contribution in [2.75, 3.05) is 26.2 Å². The average Bonchev–Trinajstić information content (AvgIpc) is 3.08. The first-order valence-electron chi connectivity index (χ1n) is 13.2. The van der Waals surface area contributed by atoms with Gasteiger partial charge in [-0.3, -0.25) is 29.4 Å². The second kappa shape index (κ2) is 11.5. The molecule has 0 aromatic heterocycles. The van der Waals surface area contributed by atoms with Gasteiger partial charge in [0, 0.05) is 25.6 Å². The number of hydrogen-bond acceptors (Lipinski definition) is 8. The molecule has 0 spiro atoms. The number of carbonyl (C=O) groups is 5. The Kier molecular flexibility index (Phi) is 8.35. The number of ether oxygens (including phenoxy) is 2.